The summed E-state index contributed by atoms with van der Waals surface area (Å²) in [5.74, 6) is 1.18. The van der Waals surface area contributed by atoms with Crippen LogP contribution in [0.5, 0.6) is 0 Å². The molecule has 0 bridgehead atoms. The van der Waals surface area contributed by atoms with Gasteiger partial charge in [0.15, 0.2) is 5.82 Å². The molecule has 0 fully saturated rings. The van der Waals surface area contributed by atoms with Crippen molar-refractivity contribution < 1.29 is 4.52 Å². The number of aromatic nitrogens is 4. The first kappa shape index (κ1) is 12.8. The van der Waals surface area contributed by atoms with Gasteiger partial charge in [-0.2, -0.15) is 4.98 Å². The van der Waals surface area contributed by atoms with Gasteiger partial charge in [0.05, 0.1) is 12.4 Å². The summed E-state index contributed by atoms with van der Waals surface area (Å²) < 4.78 is 5.20. The highest BCUT2D eigenvalue weighted by Gasteiger charge is 2.19. The lowest BCUT2D eigenvalue weighted by Gasteiger charge is -2.14. The Balaban J connectivity index is 2.01. The van der Waals surface area contributed by atoms with Gasteiger partial charge >= 0.3 is 0 Å². The van der Waals surface area contributed by atoms with Crippen molar-refractivity contribution in [2.75, 3.05) is 0 Å². The number of H-pyrrole nitrogens is 1. The fourth-order valence-electron chi connectivity index (χ4n) is 1.68. The van der Waals surface area contributed by atoms with Crippen LogP contribution in [0.15, 0.2) is 17.0 Å². The molecule has 98 valence electrons. The summed E-state index contributed by atoms with van der Waals surface area (Å²) in [5, 5.41) is 3.96. The predicted octanol–water partition coefficient (Wildman–Crippen LogP) is 1.62. The lowest BCUT2D eigenvalue weighted by Crippen LogP contribution is -2.15. The van der Waals surface area contributed by atoms with Gasteiger partial charge in [-0.1, -0.05) is 25.9 Å². The standard InChI is InChI=1S/C12H19N5O/c1-12(2,3)5-10-16-11(18-17-10)9(13)4-8-6-14-7-15-8/h6-7,9H,4-5,13H2,1-3H3,(H,14,15)/t9-/m1/s1. The molecule has 2 heterocycles. The molecule has 0 amide bonds. The molecule has 3 N–H and O–H groups in total. The van der Waals surface area contributed by atoms with Crippen molar-refractivity contribution in [3.63, 3.8) is 0 Å². The quantitative estimate of drug-likeness (QED) is 0.858. The van der Waals surface area contributed by atoms with Gasteiger partial charge in [0.2, 0.25) is 5.89 Å². The Labute approximate surface area is 106 Å². The number of hydrogen-bond acceptors (Lipinski definition) is 5. The first-order valence-electron chi connectivity index (χ1n) is 5.99. The third-order valence-electron chi connectivity index (χ3n) is 2.48. The van der Waals surface area contributed by atoms with E-state index in [-0.39, 0.29) is 11.5 Å². The van der Waals surface area contributed by atoms with Crippen LogP contribution in [-0.2, 0) is 12.8 Å². The fraction of sp³-hybridized carbons (Fsp3) is 0.583. The highest BCUT2D eigenvalue weighted by molar-refractivity contribution is 5.02. The molecule has 0 saturated carbocycles. The van der Waals surface area contributed by atoms with E-state index in [2.05, 4.69) is 40.9 Å². The van der Waals surface area contributed by atoms with E-state index in [1.54, 1.807) is 12.5 Å². The first-order chi connectivity index (χ1) is 8.44. The monoisotopic (exact) mass is 249 g/mol. The molecule has 1 atom stereocenters. The Morgan fingerprint density at radius 3 is 2.83 bits per heavy atom. The average molecular weight is 249 g/mol. The highest BCUT2D eigenvalue weighted by atomic mass is 16.5. The summed E-state index contributed by atoms with van der Waals surface area (Å²) in [5.41, 5.74) is 7.11. The fourth-order valence-corrected chi connectivity index (χ4v) is 1.68. The van der Waals surface area contributed by atoms with Gasteiger partial charge < -0.3 is 15.2 Å². The third-order valence-corrected chi connectivity index (χ3v) is 2.48. The topological polar surface area (TPSA) is 93.6 Å². The van der Waals surface area contributed by atoms with Crippen molar-refractivity contribution in [1.82, 2.24) is 20.1 Å². The van der Waals surface area contributed by atoms with Gasteiger partial charge in [-0.15, -0.1) is 0 Å². The summed E-state index contributed by atoms with van der Waals surface area (Å²) in [6.07, 6.45) is 4.75. The summed E-state index contributed by atoms with van der Waals surface area (Å²) >= 11 is 0. The first-order valence-corrected chi connectivity index (χ1v) is 5.99. The summed E-state index contributed by atoms with van der Waals surface area (Å²) in [7, 11) is 0. The Kier molecular flexibility index (Phi) is 3.47. The molecule has 0 radical (unpaired) electrons. The van der Waals surface area contributed by atoms with Crippen molar-refractivity contribution in [1.29, 1.82) is 0 Å². The van der Waals surface area contributed by atoms with Crippen molar-refractivity contribution in [2.45, 2.75) is 39.7 Å². The summed E-state index contributed by atoms with van der Waals surface area (Å²) in [6, 6.07) is -0.299. The minimum Gasteiger partial charge on any atom is -0.348 e. The Morgan fingerprint density at radius 1 is 1.44 bits per heavy atom. The van der Waals surface area contributed by atoms with Crippen molar-refractivity contribution in [3.8, 4) is 0 Å². The normalized spacial score (nSPS) is 13.8. The maximum absolute atomic E-state index is 6.02. The molecular formula is C12H19N5O. The molecular weight excluding hydrogens is 230 g/mol. The van der Waals surface area contributed by atoms with E-state index in [1.807, 2.05) is 0 Å². The lowest BCUT2D eigenvalue weighted by molar-refractivity contribution is 0.339. The molecule has 0 spiro atoms. The minimum absolute atomic E-state index is 0.134. The van der Waals surface area contributed by atoms with Crippen LogP contribution in [0.25, 0.3) is 0 Å². The number of imidazole rings is 1. The molecule has 0 unspecified atom stereocenters. The van der Waals surface area contributed by atoms with Crippen molar-refractivity contribution in [3.05, 3.63) is 29.9 Å². The zero-order valence-electron chi connectivity index (χ0n) is 11.0. The predicted molar refractivity (Wildman–Crippen MR) is 66.7 cm³/mol. The summed E-state index contributed by atoms with van der Waals surface area (Å²) in [4.78, 5) is 11.3. The molecule has 0 saturated heterocycles. The van der Waals surface area contributed by atoms with Crippen LogP contribution < -0.4 is 5.73 Å². The molecule has 0 aliphatic rings. The molecule has 2 aromatic heterocycles. The van der Waals surface area contributed by atoms with E-state index in [9.17, 15) is 0 Å². The van der Waals surface area contributed by atoms with Crippen LogP contribution >= 0.6 is 0 Å². The van der Waals surface area contributed by atoms with E-state index in [1.165, 1.54) is 0 Å². The number of nitrogens with one attached hydrogen (secondary N) is 1. The van der Waals surface area contributed by atoms with E-state index >= 15 is 0 Å². The Bertz CT molecular complexity index is 483. The second-order valence-corrected chi connectivity index (χ2v) is 5.67. The highest BCUT2D eigenvalue weighted by Crippen LogP contribution is 2.20. The van der Waals surface area contributed by atoms with Crippen LogP contribution in [0, 0.1) is 5.41 Å². The smallest absolute Gasteiger partial charge is 0.243 e. The third kappa shape index (κ3) is 3.40. The Morgan fingerprint density at radius 2 is 2.22 bits per heavy atom. The number of hydrogen-bond donors (Lipinski definition) is 2. The maximum atomic E-state index is 6.02. The van der Waals surface area contributed by atoms with Crippen molar-refractivity contribution in [2.24, 2.45) is 11.1 Å². The number of nitrogens with zero attached hydrogens (tertiary/aromatic N) is 3. The molecule has 18 heavy (non-hydrogen) atoms. The second-order valence-electron chi connectivity index (χ2n) is 5.67. The van der Waals surface area contributed by atoms with Crippen LogP contribution in [0.1, 0.15) is 44.2 Å². The Hall–Kier alpha value is -1.69. The number of rotatable bonds is 4. The van der Waals surface area contributed by atoms with E-state index in [4.69, 9.17) is 10.3 Å². The van der Waals surface area contributed by atoms with E-state index in [0.717, 1.165) is 12.1 Å². The van der Waals surface area contributed by atoms with Gasteiger partial charge in [-0.3, -0.25) is 0 Å². The molecule has 0 aliphatic heterocycles. The minimum atomic E-state index is -0.299. The molecule has 2 aromatic rings. The van der Waals surface area contributed by atoms with Crippen molar-refractivity contribution >= 4 is 0 Å². The van der Waals surface area contributed by atoms with E-state index < -0.39 is 0 Å². The average Bonchev–Trinajstić information content (AvgIpc) is 2.86. The van der Waals surface area contributed by atoms with Gasteiger partial charge in [0.1, 0.15) is 0 Å². The van der Waals surface area contributed by atoms with Crippen LogP contribution in [-0.4, -0.2) is 20.1 Å². The molecule has 6 heteroatoms. The van der Waals surface area contributed by atoms with Crippen LogP contribution in [0.3, 0.4) is 0 Å². The van der Waals surface area contributed by atoms with Gasteiger partial charge in [-0.25, -0.2) is 4.98 Å². The molecule has 0 aromatic carbocycles. The molecule has 6 nitrogen and oxygen atoms in total. The van der Waals surface area contributed by atoms with Crippen LogP contribution in [0.4, 0.5) is 0 Å². The van der Waals surface area contributed by atoms with Crippen LogP contribution in [0.2, 0.25) is 0 Å². The second kappa shape index (κ2) is 4.89. The number of aromatic amines is 1. The van der Waals surface area contributed by atoms with Gasteiger partial charge in [-0.05, 0) is 5.41 Å². The zero-order valence-corrected chi connectivity index (χ0v) is 11.0. The number of nitrogens with two attached hydrogens (primary N) is 1. The summed E-state index contributed by atoms with van der Waals surface area (Å²) in [6.45, 7) is 6.40. The molecule has 2 rings (SSSR count). The maximum Gasteiger partial charge on any atom is 0.243 e. The molecule has 0 aliphatic carbocycles. The van der Waals surface area contributed by atoms with E-state index in [0.29, 0.717) is 18.1 Å². The SMILES string of the molecule is CC(C)(C)Cc1noc([C@H](N)Cc2cnc[nH]2)n1. The lowest BCUT2D eigenvalue weighted by atomic mass is 9.92. The van der Waals surface area contributed by atoms with Gasteiger partial charge in [0, 0.05) is 24.7 Å². The van der Waals surface area contributed by atoms with Gasteiger partial charge in [0.25, 0.3) is 0 Å². The largest absolute Gasteiger partial charge is 0.348 e. The zero-order chi connectivity index (χ0) is 13.2.